The number of carbonyl (C=O) groups is 1. The molecule has 0 aliphatic heterocycles. The molecule has 0 saturated carbocycles. The van der Waals surface area contributed by atoms with Gasteiger partial charge in [-0.15, -0.1) is 0 Å². The van der Waals surface area contributed by atoms with Gasteiger partial charge >= 0.3 is 0 Å². The molecule has 1 N–H and O–H groups in total. The number of nitrogens with zero attached hydrogens (tertiary/aromatic N) is 4. The summed E-state index contributed by atoms with van der Waals surface area (Å²) < 4.78 is 9.25. The topological polar surface area (TPSA) is 74.0 Å². The Balaban J connectivity index is 1.43. The standard InChI is InChI=1S/C22H29N5O2/c1-17-14-24-26(15-17)12-5-11-23-21(28)20-10-13-27(25-20)16-29-19-8-6-18(7-9-19)22(2,3)4/h6-10,13-15H,5,11-12,16H2,1-4H3,(H,23,28). The average Bonchev–Trinajstić information content (AvgIpc) is 3.32. The summed E-state index contributed by atoms with van der Waals surface area (Å²) in [5.41, 5.74) is 2.88. The predicted octanol–water partition coefficient (Wildman–Crippen LogP) is 3.54. The smallest absolute Gasteiger partial charge is 0.271 e. The molecule has 1 amide bonds. The molecule has 0 bridgehead atoms. The van der Waals surface area contributed by atoms with E-state index in [4.69, 9.17) is 4.74 Å². The molecular formula is C22H29N5O2. The minimum Gasteiger partial charge on any atom is -0.471 e. The van der Waals surface area contributed by atoms with Crippen LogP contribution in [0.1, 0.15) is 48.8 Å². The van der Waals surface area contributed by atoms with Gasteiger partial charge in [-0.3, -0.25) is 9.48 Å². The number of hydrogen-bond acceptors (Lipinski definition) is 4. The van der Waals surface area contributed by atoms with Gasteiger partial charge in [0, 0.05) is 25.5 Å². The van der Waals surface area contributed by atoms with Crippen molar-refractivity contribution in [2.24, 2.45) is 0 Å². The Hall–Kier alpha value is -3.09. The molecule has 2 aromatic heterocycles. The van der Waals surface area contributed by atoms with Crippen LogP contribution >= 0.6 is 0 Å². The van der Waals surface area contributed by atoms with Crippen molar-refractivity contribution in [3.8, 4) is 5.75 Å². The zero-order chi connectivity index (χ0) is 20.9. The number of carbonyl (C=O) groups excluding carboxylic acids is 1. The molecule has 7 heteroatoms. The van der Waals surface area contributed by atoms with E-state index in [0.717, 1.165) is 24.3 Å². The van der Waals surface area contributed by atoms with E-state index in [1.165, 1.54) is 5.56 Å². The summed E-state index contributed by atoms with van der Waals surface area (Å²) in [7, 11) is 0. The van der Waals surface area contributed by atoms with E-state index in [1.54, 1.807) is 16.9 Å². The summed E-state index contributed by atoms with van der Waals surface area (Å²) in [4.78, 5) is 12.2. The Morgan fingerprint density at radius 1 is 1.14 bits per heavy atom. The number of ether oxygens (including phenoxy) is 1. The van der Waals surface area contributed by atoms with Gasteiger partial charge in [0.1, 0.15) is 11.4 Å². The lowest BCUT2D eigenvalue weighted by Crippen LogP contribution is -2.26. The highest BCUT2D eigenvalue weighted by atomic mass is 16.5. The van der Waals surface area contributed by atoms with Gasteiger partial charge in [0.05, 0.1) is 6.20 Å². The monoisotopic (exact) mass is 395 g/mol. The first-order chi connectivity index (χ1) is 13.8. The van der Waals surface area contributed by atoms with Crippen molar-refractivity contribution >= 4 is 5.91 Å². The lowest BCUT2D eigenvalue weighted by molar-refractivity contribution is 0.0945. The van der Waals surface area contributed by atoms with Crippen molar-refractivity contribution in [3.63, 3.8) is 0 Å². The molecule has 0 spiro atoms. The van der Waals surface area contributed by atoms with Gasteiger partial charge in [-0.05, 0) is 48.1 Å². The van der Waals surface area contributed by atoms with Crippen LogP contribution in [0.25, 0.3) is 0 Å². The molecule has 0 radical (unpaired) electrons. The third-order valence-corrected chi connectivity index (χ3v) is 4.57. The van der Waals surface area contributed by atoms with Crippen molar-refractivity contribution in [1.82, 2.24) is 24.9 Å². The molecule has 3 aromatic rings. The second-order valence-electron chi connectivity index (χ2n) is 8.18. The minimum atomic E-state index is -0.185. The molecule has 0 atom stereocenters. The van der Waals surface area contributed by atoms with E-state index < -0.39 is 0 Å². The van der Waals surface area contributed by atoms with Crippen molar-refractivity contribution in [2.45, 2.75) is 52.8 Å². The molecule has 0 aliphatic rings. The van der Waals surface area contributed by atoms with Crippen molar-refractivity contribution in [2.75, 3.05) is 6.54 Å². The summed E-state index contributed by atoms with van der Waals surface area (Å²) in [6, 6.07) is 9.75. The summed E-state index contributed by atoms with van der Waals surface area (Å²) in [6.45, 7) is 10.1. The normalized spacial score (nSPS) is 11.4. The van der Waals surface area contributed by atoms with Crippen LogP contribution in [0.2, 0.25) is 0 Å². The van der Waals surface area contributed by atoms with E-state index in [2.05, 4.69) is 48.4 Å². The molecule has 0 fully saturated rings. The molecule has 2 heterocycles. The van der Waals surface area contributed by atoms with E-state index in [0.29, 0.717) is 12.2 Å². The van der Waals surface area contributed by atoms with Crippen molar-refractivity contribution < 1.29 is 9.53 Å². The predicted molar refractivity (Wildman–Crippen MR) is 112 cm³/mol. The first-order valence-corrected chi connectivity index (χ1v) is 9.85. The molecule has 29 heavy (non-hydrogen) atoms. The molecule has 154 valence electrons. The number of aromatic nitrogens is 4. The molecule has 1 aromatic carbocycles. The number of amides is 1. The highest BCUT2D eigenvalue weighted by Gasteiger charge is 2.13. The zero-order valence-corrected chi connectivity index (χ0v) is 17.6. The Kier molecular flexibility index (Phi) is 6.36. The van der Waals surface area contributed by atoms with Crippen LogP contribution < -0.4 is 10.1 Å². The number of rotatable bonds is 8. The van der Waals surface area contributed by atoms with Crippen LogP contribution in [-0.4, -0.2) is 32.0 Å². The van der Waals surface area contributed by atoms with Gasteiger partial charge in [-0.2, -0.15) is 10.2 Å². The van der Waals surface area contributed by atoms with E-state index in [1.807, 2.05) is 36.1 Å². The zero-order valence-electron chi connectivity index (χ0n) is 17.6. The molecule has 7 nitrogen and oxygen atoms in total. The number of hydrogen-bond donors (Lipinski definition) is 1. The second kappa shape index (κ2) is 8.94. The SMILES string of the molecule is Cc1cnn(CCCNC(=O)c2ccn(COc3ccc(C(C)(C)C)cc3)n2)c1. The Morgan fingerprint density at radius 3 is 2.55 bits per heavy atom. The van der Waals surface area contributed by atoms with Gasteiger partial charge in [-0.1, -0.05) is 32.9 Å². The Morgan fingerprint density at radius 2 is 1.90 bits per heavy atom. The van der Waals surface area contributed by atoms with Crippen LogP contribution in [0, 0.1) is 6.92 Å². The quantitative estimate of drug-likeness (QED) is 0.592. The fraction of sp³-hybridized carbons (Fsp3) is 0.409. The molecular weight excluding hydrogens is 366 g/mol. The summed E-state index contributed by atoms with van der Waals surface area (Å²) in [6.07, 6.45) is 6.36. The first kappa shape index (κ1) is 20.6. The second-order valence-corrected chi connectivity index (χ2v) is 8.18. The van der Waals surface area contributed by atoms with Gasteiger partial charge in [0.15, 0.2) is 6.73 Å². The fourth-order valence-corrected chi connectivity index (χ4v) is 2.87. The molecule has 0 aliphatic carbocycles. The third kappa shape index (κ3) is 5.94. The van der Waals surface area contributed by atoms with Gasteiger partial charge in [0.2, 0.25) is 0 Å². The fourth-order valence-electron chi connectivity index (χ4n) is 2.87. The number of aryl methyl sites for hydroxylation is 2. The maximum absolute atomic E-state index is 12.2. The Bertz CT molecular complexity index is 935. The first-order valence-electron chi connectivity index (χ1n) is 9.85. The maximum atomic E-state index is 12.2. The Labute approximate surface area is 171 Å². The van der Waals surface area contributed by atoms with Crippen LogP contribution in [-0.2, 0) is 18.7 Å². The van der Waals surface area contributed by atoms with Crippen molar-refractivity contribution in [3.05, 3.63) is 65.7 Å². The van der Waals surface area contributed by atoms with Crippen LogP contribution in [0.15, 0.2) is 48.9 Å². The summed E-state index contributed by atoms with van der Waals surface area (Å²) >= 11 is 0. The lowest BCUT2D eigenvalue weighted by atomic mass is 9.87. The number of benzene rings is 1. The minimum absolute atomic E-state index is 0.111. The lowest BCUT2D eigenvalue weighted by Gasteiger charge is -2.19. The van der Waals surface area contributed by atoms with Crippen molar-refractivity contribution in [1.29, 1.82) is 0 Å². The number of nitrogens with one attached hydrogen (secondary N) is 1. The van der Waals surface area contributed by atoms with E-state index in [-0.39, 0.29) is 18.1 Å². The largest absolute Gasteiger partial charge is 0.471 e. The van der Waals surface area contributed by atoms with Gasteiger partial charge in [0.25, 0.3) is 5.91 Å². The van der Waals surface area contributed by atoms with E-state index >= 15 is 0 Å². The summed E-state index contributed by atoms with van der Waals surface area (Å²) in [5, 5.41) is 11.4. The average molecular weight is 396 g/mol. The molecule has 3 rings (SSSR count). The summed E-state index contributed by atoms with van der Waals surface area (Å²) in [5.74, 6) is 0.586. The molecule has 0 unspecified atom stereocenters. The molecule has 0 saturated heterocycles. The van der Waals surface area contributed by atoms with Gasteiger partial charge < -0.3 is 10.1 Å². The van der Waals surface area contributed by atoms with E-state index in [9.17, 15) is 4.79 Å². The highest BCUT2D eigenvalue weighted by Crippen LogP contribution is 2.24. The van der Waals surface area contributed by atoms with Gasteiger partial charge in [-0.25, -0.2) is 4.68 Å². The van der Waals surface area contributed by atoms with Crippen LogP contribution in [0.5, 0.6) is 5.75 Å². The third-order valence-electron chi connectivity index (χ3n) is 4.57. The highest BCUT2D eigenvalue weighted by molar-refractivity contribution is 5.92. The van der Waals surface area contributed by atoms with Crippen LogP contribution in [0.4, 0.5) is 0 Å². The maximum Gasteiger partial charge on any atom is 0.271 e. The van der Waals surface area contributed by atoms with Crippen LogP contribution in [0.3, 0.4) is 0 Å².